The molecular formula is C39H30N4PtS. The van der Waals surface area contributed by atoms with E-state index in [0.29, 0.717) is 0 Å². The van der Waals surface area contributed by atoms with Gasteiger partial charge in [0.2, 0.25) is 0 Å². The van der Waals surface area contributed by atoms with Crippen LogP contribution < -0.4 is 4.90 Å². The Labute approximate surface area is 278 Å². The molecule has 222 valence electrons. The molecule has 0 aliphatic heterocycles. The zero-order valence-corrected chi connectivity index (χ0v) is 27.7. The molecule has 4 nitrogen and oxygen atoms in total. The molecule has 0 atom stereocenters. The van der Waals surface area contributed by atoms with E-state index in [4.69, 9.17) is 0 Å². The van der Waals surface area contributed by atoms with Crippen LogP contribution in [0.3, 0.4) is 0 Å². The van der Waals surface area contributed by atoms with Gasteiger partial charge in [-0.25, -0.2) is 0 Å². The van der Waals surface area contributed by atoms with Gasteiger partial charge in [0.05, 0.1) is 0 Å². The first-order valence-corrected chi connectivity index (χ1v) is 16.6. The average molecular weight is 782 g/mol. The van der Waals surface area contributed by atoms with E-state index in [2.05, 4.69) is 191 Å². The SMILES string of the molecule is Cn1ccn(-c2cccc(N(c3cccc(Sc4ccccn4)c3)c3c(-c4ccccc4)cccc3-c3ccccc3)c2)[c]1=[Pt]. The molecule has 45 heavy (non-hydrogen) atoms. The summed E-state index contributed by atoms with van der Waals surface area (Å²) in [5.41, 5.74) is 9.01. The number of hydrogen-bond donors (Lipinski definition) is 0. The molecule has 0 N–H and O–H groups in total. The minimum absolute atomic E-state index is 0.966. The molecule has 2 heterocycles. The summed E-state index contributed by atoms with van der Waals surface area (Å²) < 4.78 is 5.47. The zero-order chi connectivity index (χ0) is 30.6. The van der Waals surface area contributed by atoms with Crippen molar-refractivity contribution >= 4 is 28.8 Å². The van der Waals surface area contributed by atoms with Crippen LogP contribution in [0.1, 0.15) is 0 Å². The van der Waals surface area contributed by atoms with Crippen molar-refractivity contribution in [2.24, 2.45) is 7.05 Å². The van der Waals surface area contributed by atoms with E-state index in [9.17, 15) is 0 Å². The van der Waals surface area contributed by atoms with Gasteiger partial charge in [0, 0.05) is 6.20 Å². The molecule has 7 rings (SSSR count). The van der Waals surface area contributed by atoms with Crippen LogP contribution in [0.5, 0.6) is 0 Å². The quantitative estimate of drug-likeness (QED) is 0.154. The Morgan fingerprint density at radius 3 is 1.87 bits per heavy atom. The maximum atomic E-state index is 4.57. The number of nitrogens with zero attached hydrogens (tertiary/aromatic N) is 4. The van der Waals surface area contributed by atoms with Gasteiger partial charge in [-0.15, -0.1) is 0 Å². The summed E-state index contributed by atoms with van der Waals surface area (Å²) in [6, 6.07) is 51.6. The molecular weight excluding hydrogens is 752 g/mol. The molecule has 0 saturated heterocycles. The van der Waals surface area contributed by atoms with Gasteiger partial charge in [-0.3, -0.25) is 0 Å². The molecule has 2 aromatic heterocycles. The summed E-state index contributed by atoms with van der Waals surface area (Å²) in [4.78, 5) is 8.10. The van der Waals surface area contributed by atoms with E-state index in [1.807, 2.05) is 18.3 Å². The second-order valence-electron chi connectivity index (χ2n) is 10.6. The van der Waals surface area contributed by atoms with Crippen molar-refractivity contribution in [3.63, 3.8) is 0 Å². The van der Waals surface area contributed by atoms with Crippen LogP contribution in [0.2, 0.25) is 0 Å². The molecule has 5 aromatic carbocycles. The van der Waals surface area contributed by atoms with Crippen LogP contribution in [0, 0.1) is 3.80 Å². The van der Waals surface area contributed by atoms with Gasteiger partial charge in [0.15, 0.2) is 0 Å². The molecule has 0 aliphatic carbocycles. The van der Waals surface area contributed by atoms with E-state index in [-0.39, 0.29) is 0 Å². The predicted octanol–water partition coefficient (Wildman–Crippen LogP) is 10.2. The van der Waals surface area contributed by atoms with Crippen LogP contribution in [0.4, 0.5) is 17.1 Å². The number of imidazole rings is 1. The van der Waals surface area contributed by atoms with Crippen molar-refractivity contribution in [1.82, 2.24) is 14.1 Å². The van der Waals surface area contributed by atoms with Crippen LogP contribution in [0.25, 0.3) is 27.9 Å². The van der Waals surface area contributed by atoms with E-state index in [0.717, 1.165) is 58.7 Å². The van der Waals surface area contributed by atoms with Gasteiger partial charge in [-0.05, 0) is 6.07 Å². The van der Waals surface area contributed by atoms with Crippen molar-refractivity contribution in [2.45, 2.75) is 9.92 Å². The standard InChI is InChI=1S/C39H30N4S.Pt/c1-41-25-26-42(29-41)32-17-10-18-33(27-32)43(34-19-11-20-35(28-34)44-38-23-8-9-24-40-38)39-36(30-13-4-2-5-14-30)21-12-22-37(39)31-15-6-3-7-16-31;/h2-28H,1H3;. The summed E-state index contributed by atoms with van der Waals surface area (Å²) in [6.45, 7) is 0. The van der Waals surface area contributed by atoms with Gasteiger partial charge < -0.3 is 0 Å². The Balaban J connectivity index is 1.49. The topological polar surface area (TPSA) is 26.0 Å². The number of rotatable bonds is 8. The molecule has 7 aromatic rings. The van der Waals surface area contributed by atoms with Gasteiger partial charge in [0.1, 0.15) is 0 Å². The van der Waals surface area contributed by atoms with Crippen LogP contribution in [-0.4, -0.2) is 14.1 Å². The Morgan fingerprint density at radius 1 is 0.622 bits per heavy atom. The summed E-state index contributed by atoms with van der Waals surface area (Å²) in [5.74, 6) is 0. The Bertz CT molecular complexity index is 2060. The first-order chi connectivity index (χ1) is 22.2. The normalized spacial score (nSPS) is 11.0. The second kappa shape index (κ2) is 13.1. The monoisotopic (exact) mass is 781 g/mol. The van der Waals surface area contributed by atoms with Gasteiger partial charge >= 0.3 is 262 Å². The Morgan fingerprint density at radius 2 is 1.24 bits per heavy atom. The fourth-order valence-electron chi connectivity index (χ4n) is 5.52. The number of anilines is 3. The zero-order valence-electron chi connectivity index (χ0n) is 24.6. The average Bonchev–Trinajstić information content (AvgIpc) is 3.44. The van der Waals surface area contributed by atoms with E-state index < -0.39 is 0 Å². The minimum atomic E-state index is 0.966. The third-order valence-electron chi connectivity index (χ3n) is 7.62. The van der Waals surface area contributed by atoms with E-state index in [1.54, 1.807) is 11.8 Å². The molecule has 0 radical (unpaired) electrons. The summed E-state index contributed by atoms with van der Waals surface area (Å²) in [7, 11) is 2.07. The number of hydrogen-bond acceptors (Lipinski definition) is 3. The van der Waals surface area contributed by atoms with E-state index in [1.165, 1.54) is 0 Å². The molecule has 6 heteroatoms. The van der Waals surface area contributed by atoms with Crippen LogP contribution >= 0.6 is 11.8 Å². The first-order valence-electron chi connectivity index (χ1n) is 14.7. The second-order valence-corrected chi connectivity index (χ2v) is 12.7. The van der Waals surface area contributed by atoms with Crippen molar-refractivity contribution in [2.75, 3.05) is 4.90 Å². The summed E-state index contributed by atoms with van der Waals surface area (Å²) >= 11 is 4.05. The Kier molecular flexibility index (Phi) is 8.46. The number of aromatic nitrogens is 3. The van der Waals surface area contributed by atoms with Gasteiger partial charge in [-0.1, -0.05) is 6.07 Å². The fraction of sp³-hybridized carbons (Fsp3) is 0.0256. The van der Waals surface area contributed by atoms with Crippen molar-refractivity contribution in [3.8, 4) is 27.9 Å². The number of pyridine rings is 1. The van der Waals surface area contributed by atoms with Crippen LogP contribution in [0.15, 0.2) is 174 Å². The van der Waals surface area contributed by atoms with Gasteiger partial charge in [-0.2, -0.15) is 0 Å². The third kappa shape index (κ3) is 6.15. The Hall–Kier alpha value is -4.70. The van der Waals surface area contributed by atoms with Crippen molar-refractivity contribution < 1.29 is 19.4 Å². The van der Waals surface area contributed by atoms with Crippen LogP contribution in [-0.2, 0) is 26.4 Å². The van der Waals surface area contributed by atoms with Crippen molar-refractivity contribution in [3.05, 3.63) is 168 Å². The summed E-state index contributed by atoms with van der Waals surface area (Å²) in [6.07, 6.45) is 6.04. The molecule has 0 bridgehead atoms. The van der Waals surface area contributed by atoms with Crippen molar-refractivity contribution in [1.29, 1.82) is 0 Å². The molecule has 0 amide bonds. The van der Waals surface area contributed by atoms with E-state index >= 15 is 0 Å². The molecule has 0 fully saturated rings. The molecule has 0 unspecified atom stereocenters. The molecule has 0 saturated carbocycles. The molecule has 0 aliphatic rings. The predicted molar refractivity (Wildman–Crippen MR) is 182 cm³/mol. The summed E-state index contributed by atoms with van der Waals surface area (Å²) in [5, 5.41) is 0.966. The van der Waals surface area contributed by atoms with Gasteiger partial charge in [0.25, 0.3) is 0 Å². The number of benzene rings is 5. The molecule has 0 spiro atoms. The number of para-hydroxylation sites is 1. The fourth-order valence-corrected chi connectivity index (χ4v) is 6.98. The number of aryl methyl sites for hydroxylation is 1. The third-order valence-corrected chi connectivity index (χ3v) is 9.91. The first kappa shape index (κ1) is 29.0. The maximum absolute atomic E-state index is 4.57.